The van der Waals surface area contributed by atoms with Gasteiger partial charge >= 0.3 is 8.03 Å². The molecule has 14 heavy (non-hydrogen) atoms. The lowest BCUT2D eigenvalue weighted by atomic mass is 9.96. The zero-order valence-corrected chi connectivity index (χ0v) is 10.0. The molecule has 0 radical (unpaired) electrons. The van der Waals surface area contributed by atoms with Crippen molar-refractivity contribution in [3.8, 4) is 0 Å². The largest absolute Gasteiger partial charge is 0.591 e. The molecule has 0 aromatic carbocycles. The van der Waals surface area contributed by atoms with E-state index in [2.05, 4.69) is 19.9 Å². The van der Waals surface area contributed by atoms with Gasteiger partial charge in [-0.15, -0.1) is 0 Å². The van der Waals surface area contributed by atoms with Crippen LogP contribution in [0.4, 0.5) is 0 Å². The molecule has 1 rings (SSSR count). The summed E-state index contributed by atoms with van der Waals surface area (Å²) in [4.78, 5) is 11.0. The fraction of sp³-hybridized carbons (Fsp3) is 0.636. The van der Waals surface area contributed by atoms with E-state index >= 15 is 0 Å². The molecule has 3 heteroatoms. The van der Waals surface area contributed by atoms with Crippen LogP contribution in [0.2, 0.25) is 0 Å². The minimum absolute atomic E-state index is 0.287. The summed E-state index contributed by atoms with van der Waals surface area (Å²) in [5.41, 5.74) is 0.986. The highest BCUT2D eigenvalue weighted by atomic mass is 31.1. The van der Waals surface area contributed by atoms with E-state index in [4.69, 9.17) is 0 Å². The molecule has 2 nitrogen and oxygen atoms in total. The summed E-state index contributed by atoms with van der Waals surface area (Å²) in [7, 11) is -2.43. The van der Waals surface area contributed by atoms with Crippen LogP contribution in [0, 0.1) is 17.8 Å². The van der Waals surface area contributed by atoms with Crippen LogP contribution in [0.5, 0.6) is 0 Å². The molecule has 1 aliphatic carbocycles. The fourth-order valence-electron chi connectivity index (χ4n) is 1.66. The van der Waals surface area contributed by atoms with Crippen LogP contribution >= 0.6 is 8.03 Å². The summed E-state index contributed by atoms with van der Waals surface area (Å²) < 4.78 is 11.0. The van der Waals surface area contributed by atoms with Gasteiger partial charge in [-0.05, 0) is 17.9 Å². The van der Waals surface area contributed by atoms with Crippen LogP contribution in [0.25, 0.3) is 0 Å². The second-order valence-corrected chi connectivity index (χ2v) is 5.40. The lowest BCUT2D eigenvalue weighted by Gasteiger charge is -2.08. The normalized spacial score (nSPS) is 22.8. The molecule has 78 valence electrons. The quantitative estimate of drug-likeness (QED) is 0.675. The van der Waals surface area contributed by atoms with Gasteiger partial charge in [-0.25, -0.2) is 0 Å². The minimum Gasteiger partial charge on any atom is -0.591 e. The lowest BCUT2D eigenvalue weighted by Crippen LogP contribution is -1.99. The van der Waals surface area contributed by atoms with Gasteiger partial charge in [-0.1, -0.05) is 38.3 Å². The maximum absolute atomic E-state index is 11.0. The van der Waals surface area contributed by atoms with Crippen molar-refractivity contribution in [3.05, 3.63) is 23.0 Å². The third-order valence-electron chi connectivity index (χ3n) is 2.61. The molecular formula is C11H17O2P. The average Bonchev–Trinajstić information content (AvgIpc) is 2.47. The predicted molar refractivity (Wildman–Crippen MR) is 56.9 cm³/mol. The summed E-state index contributed by atoms with van der Waals surface area (Å²) in [6.07, 6.45) is 3.97. The highest BCUT2D eigenvalue weighted by molar-refractivity contribution is 7.42. The van der Waals surface area contributed by atoms with Crippen molar-refractivity contribution >= 4 is 8.03 Å². The molecule has 0 heterocycles. The number of allylic oxidation sites excluding steroid dienone is 4. The fourth-order valence-corrected chi connectivity index (χ4v) is 2.50. The molecule has 1 aliphatic rings. The maximum Gasteiger partial charge on any atom is 0.348 e. The Kier molecular flexibility index (Phi) is 3.63. The Morgan fingerprint density at radius 1 is 1.29 bits per heavy atom. The van der Waals surface area contributed by atoms with Gasteiger partial charge < -0.3 is 4.89 Å². The summed E-state index contributed by atoms with van der Waals surface area (Å²) in [5.74, 6) is 1.05. The first-order valence-corrected chi connectivity index (χ1v) is 6.19. The van der Waals surface area contributed by atoms with Crippen molar-refractivity contribution < 1.29 is 9.46 Å². The van der Waals surface area contributed by atoms with Crippen LogP contribution in [0.1, 0.15) is 27.7 Å². The molecule has 0 saturated heterocycles. The SMILES string of the molecule is CC(C)C1=CC(C(C)C)C=C1[P+](=O)[O-]. The molecule has 0 amide bonds. The highest BCUT2D eigenvalue weighted by Crippen LogP contribution is 2.42. The second-order valence-electron chi connectivity index (χ2n) is 4.41. The Bertz CT molecular complexity index is 300. The number of hydrogen-bond acceptors (Lipinski definition) is 2. The van der Waals surface area contributed by atoms with Crippen LogP contribution in [-0.2, 0) is 4.57 Å². The zero-order chi connectivity index (χ0) is 10.9. The Morgan fingerprint density at radius 3 is 2.14 bits per heavy atom. The van der Waals surface area contributed by atoms with Crippen molar-refractivity contribution in [1.29, 1.82) is 0 Å². The van der Waals surface area contributed by atoms with Crippen molar-refractivity contribution in [2.75, 3.05) is 0 Å². The van der Waals surface area contributed by atoms with Crippen LogP contribution in [0.3, 0.4) is 0 Å². The van der Waals surface area contributed by atoms with E-state index in [9.17, 15) is 9.46 Å². The smallest absolute Gasteiger partial charge is 0.348 e. The molecule has 0 aromatic heterocycles. The first kappa shape index (κ1) is 11.6. The molecule has 0 fully saturated rings. The van der Waals surface area contributed by atoms with Crippen LogP contribution in [0.15, 0.2) is 23.0 Å². The van der Waals surface area contributed by atoms with E-state index in [0.29, 0.717) is 11.2 Å². The van der Waals surface area contributed by atoms with Crippen molar-refractivity contribution in [1.82, 2.24) is 0 Å². The predicted octanol–water partition coefficient (Wildman–Crippen LogP) is 2.84. The first-order chi connectivity index (χ1) is 6.43. The lowest BCUT2D eigenvalue weighted by molar-refractivity contribution is -0.162. The topological polar surface area (TPSA) is 40.1 Å². The monoisotopic (exact) mass is 212 g/mol. The molecule has 0 bridgehead atoms. The Labute approximate surface area is 86.6 Å². The summed E-state index contributed by atoms with van der Waals surface area (Å²) in [6.45, 7) is 8.27. The summed E-state index contributed by atoms with van der Waals surface area (Å²) in [5, 5.41) is 0.536. The van der Waals surface area contributed by atoms with Gasteiger partial charge in [-0.3, -0.25) is 0 Å². The molecule has 0 aliphatic heterocycles. The third-order valence-corrected chi connectivity index (χ3v) is 3.41. The molecule has 0 spiro atoms. The van der Waals surface area contributed by atoms with Gasteiger partial charge in [-0.2, -0.15) is 0 Å². The van der Waals surface area contributed by atoms with Gasteiger partial charge in [0.1, 0.15) is 0 Å². The first-order valence-electron chi connectivity index (χ1n) is 5.01. The highest BCUT2D eigenvalue weighted by Gasteiger charge is 2.29. The minimum atomic E-state index is -2.43. The van der Waals surface area contributed by atoms with E-state index in [1.165, 1.54) is 0 Å². The summed E-state index contributed by atoms with van der Waals surface area (Å²) in [6, 6.07) is 0. The van der Waals surface area contributed by atoms with Crippen molar-refractivity contribution in [3.63, 3.8) is 0 Å². The van der Waals surface area contributed by atoms with Gasteiger partial charge in [0.05, 0.1) is 0 Å². The molecule has 2 unspecified atom stereocenters. The molecule has 0 aromatic rings. The van der Waals surface area contributed by atoms with E-state index in [-0.39, 0.29) is 11.8 Å². The summed E-state index contributed by atoms with van der Waals surface area (Å²) >= 11 is 0. The van der Waals surface area contributed by atoms with Gasteiger partial charge in [0.25, 0.3) is 0 Å². The third kappa shape index (κ3) is 2.31. The molecule has 0 N–H and O–H groups in total. The number of hydrogen-bond donors (Lipinski definition) is 0. The molecule has 2 atom stereocenters. The Morgan fingerprint density at radius 2 is 1.86 bits per heavy atom. The van der Waals surface area contributed by atoms with Gasteiger partial charge in [0.2, 0.25) is 0 Å². The van der Waals surface area contributed by atoms with E-state index in [0.717, 1.165) is 5.57 Å². The Balaban J connectivity index is 2.99. The van der Waals surface area contributed by atoms with E-state index < -0.39 is 8.03 Å². The standard InChI is InChI=1S/C11H17O2P/c1-7(2)9-5-10(8(3)4)11(6-9)14(12)13/h5-9H,1-4H3. The molecular weight excluding hydrogens is 195 g/mol. The molecule has 0 saturated carbocycles. The van der Waals surface area contributed by atoms with Gasteiger partial charge in [0.15, 0.2) is 5.31 Å². The Hall–Kier alpha value is -0.460. The van der Waals surface area contributed by atoms with Crippen molar-refractivity contribution in [2.24, 2.45) is 17.8 Å². The number of rotatable bonds is 3. The maximum atomic E-state index is 11.0. The average molecular weight is 212 g/mol. The van der Waals surface area contributed by atoms with Gasteiger partial charge in [0, 0.05) is 11.5 Å². The zero-order valence-electron chi connectivity index (χ0n) is 9.15. The van der Waals surface area contributed by atoms with Crippen LogP contribution in [-0.4, -0.2) is 0 Å². The van der Waals surface area contributed by atoms with E-state index in [1.54, 1.807) is 0 Å². The van der Waals surface area contributed by atoms with Crippen LogP contribution < -0.4 is 4.89 Å². The van der Waals surface area contributed by atoms with Crippen molar-refractivity contribution in [2.45, 2.75) is 27.7 Å². The van der Waals surface area contributed by atoms with E-state index in [1.807, 2.05) is 19.9 Å². The second kappa shape index (κ2) is 4.37.